The Labute approximate surface area is 81.1 Å². The van der Waals surface area contributed by atoms with E-state index in [9.17, 15) is 8.78 Å². The summed E-state index contributed by atoms with van der Waals surface area (Å²) in [7, 11) is 0. The largest absolute Gasteiger partial charge is 0.491 e. The molecule has 0 aliphatic rings. The molecule has 1 aromatic rings. The van der Waals surface area contributed by atoms with Crippen LogP contribution in [0.1, 0.15) is 13.3 Å². The van der Waals surface area contributed by atoms with Crippen LogP contribution in [0.3, 0.4) is 0 Å². The van der Waals surface area contributed by atoms with Gasteiger partial charge in [0.1, 0.15) is 12.4 Å². The van der Waals surface area contributed by atoms with Gasteiger partial charge in [0.15, 0.2) is 11.6 Å². The maximum Gasteiger partial charge on any atom is 0.162 e. The second-order valence-electron chi connectivity index (χ2n) is 2.95. The first-order valence-corrected chi connectivity index (χ1v) is 4.39. The predicted octanol–water partition coefficient (Wildman–Crippen LogP) is 2.11. The average molecular weight is 202 g/mol. The molecule has 4 heteroatoms. The zero-order chi connectivity index (χ0) is 10.6. The van der Waals surface area contributed by atoms with Crippen LogP contribution in [0, 0.1) is 11.6 Å². The van der Waals surface area contributed by atoms with Gasteiger partial charge < -0.3 is 9.84 Å². The third-order valence-electron chi connectivity index (χ3n) is 1.80. The van der Waals surface area contributed by atoms with E-state index in [0.717, 1.165) is 12.1 Å². The standard InChI is InChI=1S/C10H12F2O2/c1-2-7(13)6-14-8-3-4-9(11)10(12)5-8/h3-5,7,13H,2,6H2,1H3. The highest BCUT2D eigenvalue weighted by atomic mass is 19.2. The van der Waals surface area contributed by atoms with Crippen molar-refractivity contribution in [1.29, 1.82) is 0 Å². The van der Waals surface area contributed by atoms with Crippen molar-refractivity contribution in [3.05, 3.63) is 29.8 Å². The number of aliphatic hydroxyl groups is 1. The van der Waals surface area contributed by atoms with Gasteiger partial charge in [-0.05, 0) is 18.6 Å². The molecule has 0 aromatic heterocycles. The molecule has 78 valence electrons. The van der Waals surface area contributed by atoms with Crippen LogP contribution in [0.15, 0.2) is 18.2 Å². The summed E-state index contributed by atoms with van der Waals surface area (Å²) in [5.74, 6) is -1.64. The van der Waals surface area contributed by atoms with Gasteiger partial charge in [0.2, 0.25) is 0 Å². The third-order valence-corrected chi connectivity index (χ3v) is 1.80. The van der Waals surface area contributed by atoms with Crippen molar-refractivity contribution < 1.29 is 18.6 Å². The van der Waals surface area contributed by atoms with E-state index < -0.39 is 17.7 Å². The van der Waals surface area contributed by atoms with E-state index >= 15 is 0 Å². The SMILES string of the molecule is CCC(O)COc1ccc(F)c(F)c1. The molecular weight excluding hydrogens is 190 g/mol. The Morgan fingerprint density at radius 3 is 2.64 bits per heavy atom. The second kappa shape index (κ2) is 4.91. The smallest absolute Gasteiger partial charge is 0.162 e. The summed E-state index contributed by atoms with van der Waals surface area (Å²) in [5.41, 5.74) is 0. The van der Waals surface area contributed by atoms with Crippen LogP contribution in [0.5, 0.6) is 5.75 Å². The molecule has 0 aliphatic heterocycles. The van der Waals surface area contributed by atoms with Crippen LogP contribution in [0.25, 0.3) is 0 Å². The molecule has 0 saturated carbocycles. The van der Waals surface area contributed by atoms with Crippen molar-refractivity contribution in [1.82, 2.24) is 0 Å². The first-order chi connectivity index (χ1) is 6.63. The topological polar surface area (TPSA) is 29.5 Å². The maximum atomic E-state index is 12.7. The van der Waals surface area contributed by atoms with Gasteiger partial charge in [0.05, 0.1) is 6.10 Å². The lowest BCUT2D eigenvalue weighted by Crippen LogP contribution is -2.16. The Kier molecular flexibility index (Phi) is 3.83. The zero-order valence-corrected chi connectivity index (χ0v) is 7.84. The molecule has 0 bridgehead atoms. The van der Waals surface area contributed by atoms with Crippen molar-refractivity contribution >= 4 is 0 Å². The van der Waals surface area contributed by atoms with Crippen LogP contribution < -0.4 is 4.74 Å². The van der Waals surface area contributed by atoms with Crippen LogP contribution in [-0.2, 0) is 0 Å². The van der Waals surface area contributed by atoms with Crippen molar-refractivity contribution in [3.8, 4) is 5.75 Å². The molecule has 0 radical (unpaired) electrons. The van der Waals surface area contributed by atoms with E-state index in [1.165, 1.54) is 6.07 Å². The average Bonchev–Trinajstić information content (AvgIpc) is 2.19. The summed E-state index contributed by atoms with van der Waals surface area (Å²) < 4.78 is 30.2. The predicted molar refractivity (Wildman–Crippen MR) is 48.2 cm³/mol. The molecule has 0 spiro atoms. The maximum absolute atomic E-state index is 12.7. The van der Waals surface area contributed by atoms with E-state index in [2.05, 4.69) is 0 Å². The molecule has 2 nitrogen and oxygen atoms in total. The number of rotatable bonds is 4. The lowest BCUT2D eigenvalue weighted by atomic mass is 10.3. The quantitative estimate of drug-likeness (QED) is 0.810. The van der Waals surface area contributed by atoms with E-state index in [4.69, 9.17) is 9.84 Å². The fraction of sp³-hybridized carbons (Fsp3) is 0.400. The summed E-state index contributed by atoms with van der Waals surface area (Å²) in [4.78, 5) is 0. The van der Waals surface area contributed by atoms with Gasteiger partial charge in [-0.15, -0.1) is 0 Å². The van der Waals surface area contributed by atoms with Crippen LogP contribution in [0.2, 0.25) is 0 Å². The molecule has 1 rings (SSSR count). The molecule has 0 fully saturated rings. The Morgan fingerprint density at radius 2 is 2.07 bits per heavy atom. The molecule has 1 atom stereocenters. The van der Waals surface area contributed by atoms with Crippen LogP contribution >= 0.6 is 0 Å². The third kappa shape index (κ3) is 2.96. The highest BCUT2D eigenvalue weighted by Crippen LogP contribution is 2.15. The van der Waals surface area contributed by atoms with E-state index in [0.29, 0.717) is 6.42 Å². The van der Waals surface area contributed by atoms with Crippen molar-refractivity contribution in [3.63, 3.8) is 0 Å². The number of halogens is 2. The summed E-state index contributed by atoms with van der Waals surface area (Å²) in [5, 5.41) is 9.15. The summed E-state index contributed by atoms with van der Waals surface area (Å²) in [6.07, 6.45) is -0.0212. The van der Waals surface area contributed by atoms with Crippen molar-refractivity contribution in [2.75, 3.05) is 6.61 Å². The molecular formula is C10H12F2O2. The summed E-state index contributed by atoms with van der Waals surface area (Å²) in [6.45, 7) is 1.89. The molecule has 1 N–H and O–H groups in total. The molecule has 1 aromatic carbocycles. The number of hydrogen-bond donors (Lipinski definition) is 1. The molecule has 0 amide bonds. The Morgan fingerprint density at radius 1 is 1.36 bits per heavy atom. The first kappa shape index (κ1) is 10.9. The number of hydrogen-bond acceptors (Lipinski definition) is 2. The lowest BCUT2D eigenvalue weighted by Gasteiger charge is -2.10. The minimum absolute atomic E-state index is 0.0849. The van der Waals surface area contributed by atoms with E-state index in [1.807, 2.05) is 0 Å². The Bertz CT molecular complexity index is 302. The fourth-order valence-corrected chi connectivity index (χ4v) is 0.877. The molecule has 0 aliphatic carbocycles. The van der Waals surface area contributed by atoms with Gasteiger partial charge in [-0.1, -0.05) is 6.92 Å². The van der Waals surface area contributed by atoms with Gasteiger partial charge in [-0.25, -0.2) is 8.78 Å². The van der Waals surface area contributed by atoms with Crippen LogP contribution in [0.4, 0.5) is 8.78 Å². The van der Waals surface area contributed by atoms with Crippen LogP contribution in [-0.4, -0.2) is 17.8 Å². The van der Waals surface area contributed by atoms with Gasteiger partial charge in [-0.3, -0.25) is 0 Å². The second-order valence-corrected chi connectivity index (χ2v) is 2.95. The highest BCUT2D eigenvalue weighted by molar-refractivity contribution is 5.23. The summed E-state index contributed by atoms with van der Waals surface area (Å²) >= 11 is 0. The van der Waals surface area contributed by atoms with Gasteiger partial charge in [0, 0.05) is 6.07 Å². The number of aliphatic hydroxyl groups excluding tert-OH is 1. The minimum atomic E-state index is -0.950. The van der Waals surface area contributed by atoms with E-state index in [-0.39, 0.29) is 12.4 Å². The monoisotopic (exact) mass is 202 g/mol. The first-order valence-electron chi connectivity index (χ1n) is 4.39. The zero-order valence-electron chi connectivity index (χ0n) is 7.84. The van der Waals surface area contributed by atoms with Gasteiger partial charge in [-0.2, -0.15) is 0 Å². The molecule has 0 heterocycles. The fourth-order valence-electron chi connectivity index (χ4n) is 0.877. The van der Waals surface area contributed by atoms with Crippen molar-refractivity contribution in [2.24, 2.45) is 0 Å². The van der Waals surface area contributed by atoms with Gasteiger partial charge >= 0.3 is 0 Å². The molecule has 1 unspecified atom stereocenters. The molecule has 14 heavy (non-hydrogen) atoms. The summed E-state index contributed by atoms with van der Waals surface area (Å²) in [6, 6.07) is 3.27. The highest BCUT2D eigenvalue weighted by Gasteiger charge is 2.05. The molecule has 0 saturated heterocycles. The Hall–Kier alpha value is -1.16. The van der Waals surface area contributed by atoms with Crippen molar-refractivity contribution in [2.45, 2.75) is 19.4 Å². The van der Waals surface area contributed by atoms with Gasteiger partial charge in [0.25, 0.3) is 0 Å². The lowest BCUT2D eigenvalue weighted by molar-refractivity contribution is 0.104. The Balaban J connectivity index is 2.55. The normalized spacial score (nSPS) is 12.6. The van der Waals surface area contributed by atoms with E-state index in [1.54, 1.807) is 6.92 Å². The number of benzene rings is 1. The minimum Gasteiger partial charge on any atom is -0.491 e. The number of ether oxygens (including phenoxy) is 1.